The molecule has 0 aliphatic rings. The Bertz CT molecular complexity index is 250. The van der Waals surface area contributed by atoms with Crippen molar-refractivity contribution in [2.75, 3.05) is 7.11 Å². The van der Waals surface area contributed by atoms with Gasteiger partial charge in [0.15, 0.2) is 5.75 Å². The smallest absolute Gasteiger partial charge is 0.150 e. The zero-order valence-corrected chi connectivity index (χ0v) is 9.23. The zero-order chi connectivity index (χ0) is 8.43. The molecule has 0 radical (unpaired) electrons. The molecule has 0 aliphatic carbocycles. The molecule has 0 bridgehead atoms. The molecule has 1 aromatic rings. The molecule has 11 heavy (non-hydrogen) atoms. The van der Waals surface area contributed by atoms with Gasteiger partial charge in [0.1, 0.15) is 0 Å². The topological polar surface area (TPSA) is 9.23 Å². The largest absolute Gasteiger partial charge is 0.494 e. The van der Waals surface area contributed by atoms with Gasteiger partial charge in [-0.05, 0) is 47.2 Å². The maximum atomic E-state index is 5.91. The van der Waals surface area contributed by atoms with E-state index in [0.29, 0.717) is 5.02 Å². The summed E-state index contributed by atoms with van der Waals surface area (Å²) < 4.78 is 6.14. The highest BCUT2D eigenvalue weighted by molar-refractivity contribution is 14.1. The third-order valence-corrected chi connectivity index (χ3v) is 2.43. The van der Waals surface area contributed by atoms with Crippen LogP contribution in [0.1, 0.15) is 5.56 Å². The molecule has 60 valence electrons. The van der Waals surface area contributed by atoms with E-state index in [1.165, 1.54) is 0 Å². The lowest BCUT2D eigenvalue weighted by Crippen LogP contribution is -1.88. The quantitative estimate of drug-likeness (QED) is 0.718. The Balaban J connectivity index is 3.25. The minimum atomic E-state index is 0.678. The highest BCUT2D eigenvalue weighted by atomic mass is 127. The predicted molar refractivity (Wildman–Crippen MR) is 55.5 cm³/mol. The first-order valence-corrected chi connectivity index (χ1v) is 4.60. The minimum absolute atomic E-state index is 0.678. The van der Waals surface area contributed by atoms with Gasteiger partial charge in [-0.3, -0.25) is 0 Å². The second-order valence-electron chi connectivity index (χ2n) is 2.26. The van der Waals surface area contributed by atoms with E-state index in [1.54, 1.807) is 7.11 Å². The van der Waals surface area contributed by atoms with Crippen molar-refractivity contribution in [2.24, 2.45) is 0 Å². The van der Waals surface area contributed by atoms with Gasteiger partial charge in [0.2, 0.25) is 0 Å². The third-order valence-electron chi connectivity index (χ3n) is 1.35. The molecule has 1 rings (SSSR count). The third kappa shape index (κ3) is 1.99. The van der Waals surface area contributed by atoms with Gasteiger partial charge in [-0.15, -0.1) is 0 Å². The lowest BCUT2D eigenvalue weighted by Gasteiger charge is -2.05. The van der Waals surface area contributed by atoms with Gasteiger partial charge in [0.25, 0.3) is 0 Å². The van der Waals surface area contributed by atoms with Crippen LogP contribution in [-0.2, 0) is 0 Å². The van der Waals surface area contributed by atoms with E-state index < -0.39 is 0 Å². The molecule has 0 aliphatic heterocycles. The first kappa shape index (κ1) is 9.13. The summed E-state index contributed by atoms with van der Waals surface area (Å²) in [6, 6.07) is 3.92. The summed E-state index contributed by atoms with van der Waals surface area (Å²) in [7, 11) is 1.62. The van der Waals surface area contributed by atoms with E-state index in [4.69, 9.17) is 16.3 Å². The average molecular weight is 283 g/mol. The summed E-state index contributed by atoms with van der Waals surface area (Å²) in [5.41, 5.74) is 1.15. The number of ether oxygens (including phenoxy) is 1. The summed E-state index contributed by atoms with van der Waals surface area (Å²) in [5, 5.41) is 0.678. The van der Waals surface area contributed by atoms with Gasteiger partial charge in [0, 0.05) is 0 Å². The zero-order valence-electron chi connectivity index (χ0n) is 6.32. The first-order chi connectivity index (χ1) is 5.15. The molecule has 0 atom stereocenters. The molecule has 0 heterocycles. The van der Waals surface area contributed by atoms with Crippen LogP contribution in [0.25, 0.3) is 0 Å². The molecule has 0 spiro atoms. The lowest BCUT2D eigenvalue weighted by atomic mass is 10.2. The Hall–Kier alpha value is 0.0400. The van der Waals surface area contributed by atoms with Gasteiger partial charge in [0.05, 0.1) is 15.7 Å². The number of methoxy groups -OCH3 is 1. The Labute approximate surface area is 84.8 Å². The maximum absolute atomic E-state index is 5.91. The van der Waals surface area contributed by atoms with Crippen LogP contribution in [0, 0.1) is 10.5 Å². The Kier molecular flexibility index (Phi) is 3.01. The van der Waals surface area contributed by atoms with Crippen LogP contribution in [0.4, 0.5) is 0 Å². The van der Waals surface area contributed by atoms with Crippen molar-refractivity contribution in [3.8, 4) is 5.75 Å². The van der Waals surface area contributed by atoms with Crippen LogP contribution in [0.15, 0.2) is 12.1 Å². The monoisotopic (exact) mass is 282 g/mol. The molecule has 0 saturated heterocycles. The number of hydrogen-bond acceptors (Lipinski definition) is 1. The molecule has 0 aromatic heterocycles. The van der Waals surface area contributed by atoms with Crippen molar-refractivity contribution in [1.82, 2.24) is 0 Å². The molecule has 0 N–H and O–H groups in total. The van der Waals surface area contributed by atoms with Gasteiger partial charge < -0.3 is 4.74 Å². The molecule has 3 heteroatoms. The Morgan fingerprint density at radius 3 is 2.55 bits per heavy atom. The predicted octanol–water partition coefficient (Wildman–Crippen LogP) is 3.26. The maximum Gasteiger partial charge on any atom is 0.150 e. The standard InChI is InChI=1S/C8H8ClIO/c1-5-3-6(9)8(11-2)7(10)4-5/h3-4H,1-2H3. The van der Waals surface area contributed by atoms with Crippen LogP contribution in [0.2, 0.25) is 5.02 Å². The molecular weight excluding hydrogens is 274 g/mol. The van der Waals surface area contributed by atoms with E-state index in [2.05, 4.69) is 22.6 Å². The molecule has 0 saturated carbocycles. The second kappa shape index (κ2) is 3.63. The summed E-state index contributed by atoms with van der Waals surface area (Å²) >= 11 is 8.11. The van der Waals surface area contributed by atoms with Crippen molar-refractivity contribution in [2.45, 2.75) is 6.92 Å². The number of halogens is 2. The van der Waals surface area contributed by atoms with Gasteiger partial charge in [-0.1, -0.05) is 11.6 Å². The molecule has 0 amide bonds. The van der Waals surface area contributed by atoms with Crippen LogP contribution in [-0.4, -0.2) is 7.11 Å². The van der Waals surface area contributed by atoms with Gasteiger partial charge in [-0.2, -0.15) is 0 Å². The number of rotatable bonds is 1. The Morgan fingerprint density at radius 1 is 1.45 bits per heavy atom. The first-order valence-electron chi connectivity index (χ1n) is 3.15. The van der Waals surface area contributed by atoms with Crippen molar-refractivity contribution in [1.29, 1.82) is 0 Å². The number of hydrogen-bond donors (Lipinski definition) is 0. The summed E-state index contributed by atoms with van der Waals surface area (Å²) in [5.74, 6) is 0.762. The fourth-order valence-electron chi connectivity index (χ4n) is 0.882. The summed E-state index contributed by atoms with van der Waals surface area (Å²) in [6.45, 7) is 2.01. The van der Waals surface area contributed by atoms with E-state index in [1.807, 2.05) is 19.1 Å². The second-order valence-corrected chi connectivity index (χ2v) is 3.83. The highest BCUT2D eigenvalue weighted by Gasteiger charge is 2.04. The summed E-state index contributed by atoms with van der Waals surface area (Å²) in [4.78, 5) is 0. The molecular formula is C8H8ClIO. The van der Waals surface area contributed by atoms with Gasteiger partial charge >= 0.3 is 0 Å². The number of benzene rings is 1. The van der Waals surface area contributed by atoms with Crippen LogP contribution >= 0.6 is 34.2 Å². The molecule has 1 aromatic carbocycles. The average Bonchev–Trinajstić information content (AvgIpc) is 1.85. The highest BCUT2D eigenvalue weighted by Crippen LogP contribution is 2.30. The van der Waals surface area contributed by atoms with Crippen molar-refractivity contribution < 1.29 is 4.74 Å². The van der Waals surface area contributed by atoms with Crippen LogP contribution in [0.5, 0.6) is 5.75 Å². The van der Waals surface area contributed by atoms with Crippen LogP contribution < -0.4 is 4.74 Å². The lowest BCUT2D eigenvalue weighted by molar-refractivity contribution is 0.412. The molecule has 1 nitrogen and oxygen atoms in total. The van der Waals surface area contributed by atoms with Crippen LogP contribution in [0.3, 0.4) is 0 Å². The molecule has 0 unspecified atom stereocenters. The van der Waals surface area contributed by atoms with Gasteiger partial charge in [-0.25, -0.2) is 0 Å². The fraction of sp³-hybridized carbons (Fsp3) is 0.250. The normalized spacial score (nSPS) is 9.82. The van der Waals surface area contributed by atoms with Crippen molar-refractivity contribution in [3.05, 3.63) is 26.3 Å². The Morgan fingerprint density at radius 2 is 2.09 bits per heavy atom. The summed E-state index contributed by atoms with van der Waals surface area (Å²) in [6.07, 6.45) is 0. The van der Waals surface area contributed by atoms with E-state index in [0.717, 1.165) is 14.9 Å². The van der Waals surface area contributed by atoms with Crippen molar-refractivity contribution in [3.63, 3.8) is 0 Å². The van der Waals surface area contributed by atoms with E-state index in [-0.39, 0.29) is 0 Å². The minimum Gasteiger partial charge on any atom is -0.494 e. The molecule has 0 fully saturated rings. The number of aryl methyl sites for hydroxylation is 1. The van der Waals surface area contributed by atoms with E-state index in [9.17, 15) is 0 Å². The fourth-order valence-corrected chi connectivity index (χ4v) is 2.39. The SMILES string of the molecule is COc1c(Cl)cc(C)cc1I. The van der Waals surface area contributed by atoms with Crippen molar-refractivity contribution >= 4 is 34.2 Å². The van der Waals surface area contributed by atoms with E-state index >= 15 is 0 Å².